The molecule has 0 aliphatic carbocycles. The zero-order valence-electron chi connectivity index (χ0n) is 8.47. The van der Waals surface area contributed by atoms with E-state index >= 15 is 0 Å². The number of aromatic nitrogens is 1. The van der Waals surface area contributed by atoms with Crippen LogP contribution < -0.4 is 4.74 Å². The lowest BCUT2D eigenvalue weighted by molar-refractivity contribution is 0.0691. The Morgan fingerprint density at radius 1 is 1.38 bits per heavy atom. The highest BCUT2D eigenvalue weighted by molar-refractivity contribution is 5.92. The minimum atomic E-state index is -1.13. The number of phenols is 1. The van der Waals surface area contributed by atoms with E-state index in [-0.39, 0.29) is 17.0 Å². The third-order valence-electron chi connectivity index (χ3n) is 2.20. The SMILES string of the molecule is COc1cc(O)c2nc(C(=O)O)ccc2c1. The molecule has 1 aromatic heterocycles. The van der Waals surface area contributed by atoms with Gasteiger partial charge in [-0.25, -0.2) is 9.78 Å². The van der Waals surface area contributed by atoms with Crippen LogP contribution in [0.5, 0.6) is 11.5 Å². The van der Waals surface area contributed by atoms with E-state index in [4.69, 9.17) is 9.84 Å². The predicted octanol–water partition coefficient (Wildman–Crippen LogP) is 1.65. The van der Waals surface area contributed by atoms with E-state index in [9.17, 15) is 9.90 Å². The van der Waals surface area contributed by atoms with Gasteiger partial charge in [0.25, 0.3) is 0 Å². The molecule has 5 nitrogen and oxygen atoms in total. The average molecular weight is 219 g/mol. The number of hydrogen-bond donors (Lipinski definition) is 2. The van der Waals surface area contributed by atoms with Crippen LogP contribution >= 0.6 is 0 Å². The van der Waals surface area contributed by atoms with Gasteiger partial charge in [-0.1, -0.05) is 6.07 Å². The number of benzene rings is 1. The van der Waals surface area contributed by atoms with E-state index in [1.165, 1.54) is 19.2 Å². The fourth-order valence-corrected chi connectivity index (χ4v) is 1.43. The number of aromatic hydroxyl groups is 1. The lowest BCUT2D eigenvalue weighted by Crippen LogP contribution is -1.99. The van der Waals surface area contributed by atoms with Gasteiger partial charge in [0.15, 0.2) is 0 Å². The molecule has 0 unspecified atom stereocenters. The number of carbonyl (C=O) groups is 1. The van der Waals surface area contributed by atoms with E-state index in [0.717, 1.165) is 0 Å². The van der Waals surface area contributed by atoms with Crippen molar-refractivity contribution in [2.45, 2.75) is 0 Å². The van der Waals surface area contributed by atoms with Crippen LogP contribution in [-0.4, -0.2) is 28.3 Å². The summed E-state index contributed by atoms with van der Waals surface area (Å²) in [7, 11) is 1.49. The first kappa shape index (κ1) is 10.2. The van der Waals surface area contributed by atoms with E-state index < -0.39 is 5.97 Å². The fourth-order valence-electron chi connectivity index (χ4n) is 1.43. The first-order chi connectivity index (χ1) is 7.61. The topological polar surface area (TPSA) is 79.7 Å². The summed E-state index contributed by atoms with van der Waals surface area (Å²) in [5, 5.41) is 19.0. The van der Waals surface area contributed by atoms with Crippen LogP contribution in [0.15, 0.2) is 24.3 Å². The number of methoxy groups -OCH3 is 1. The Hall–Kier alpha value is -2.30. The van der Waals surface area contributed by atoms with Gasteiger partial charge >= 0.3 is 5.97 Å². The smallest absolute Gasteiger partial charge is 0.354 e. The Labute approximate surface area is 90.9 Å². The van der Waals surface area contributed by atoms with E-state index in [1.54, 1.807) is 12.1 Å². The molecule has 1 heterocycles. The molecule has 82 valence electrons. The third kappa shape index (κ3) is 1.63. The monoisotopic (exact) mass is 219 g/mol. The Morgan fingerprint density at radius 2 is 2.12 bits per heavy atom. The molecule has 0 amide bonds. The highest BCUT2D eigenvalue weighted by Gasteiger charge is 2.09. The summed E-state index contributed by atoms with van der Waals surface area (Å²) in [5.74, 6) is -0.732. The van der Waals surface area contributed by atoms with Gasteiger partial charge in [0, 0.05) is 11.5 Å². The third-order valence-corrected chi connectivity index (χ3v) is 2.20. The number of ether oxygens (including phenoxy) is 1. The fraction of sp³-hybridized carbons (Fsp3) is 0.0909. The molecule has 16 heavy (non-hydrogen) atoms. The number of aromatic carboxylic acids is 1. The molecule has 0 atom stereocenters. The van der Waals surface area contributed by atoms with Crippen LogP contribution in [0.4, 0.5) is 0 Å². The largest absolute Gasteiger partial charge is 0.506 e. The van der Waals surface area contributed by atoms with Crippen molar-refractivity contribution in [3.05, 3.63) is 30.0 Å². The van der Waals surface area contributed by atoms with Crippen molar-refractivity contribution >= 4 is 16.9 Å². The van der Waals surface area contributed by atoms with E-state index in [2.05, 4.69) is 4.98 Å². The highest BCUT2D eigenvalue weighted by Crippen LogP contribution is 2.28. The summed E-state index contributed by atoms with van der Waals surface area (Å²) >= 11 is 0. The van der Waals surface area contributed by atoms with Gasteiger partial charge in [-0.15, -0.1) is 0 Å². The first-order valence-corrected chi connectivity index (χ1v) is 4.53. The molecule has 0 aliphatic rings. The number of rotatable bonds is 2. The standard InChI is InChI=1S/C11H9NO4/c1-16-7-4-6-2-3-8(11(14)15)12-10(6)9(13)5-7/h2-5,13H,1H3,(H,14,15). The van der Waals surface area contributed by atoms with Crippen molar-refractivity contribution in [1.82, 2.24) is 4.98 Å². The number of pyridine rings is 1. The highest BCUT2D eigenvalue weighted by atomic mass is 16.5. The van der Waals surface area contributed by atoms with E-state index in [1.807, 2.05) is 0 Å². The van der Waals surface area contributed by atoms with Gasteiger partial charge in [0.2, 0.25) is 0 Å². The van der Waals surface area contributed by atoms with Crippen molar-refractivity contribution in [3.63, 3.8) is 0 Å². The Kier molecular flexibility index (Phi) is 2.36. The lowest BCUT2D eigenvalue weighted by atomic mass is 10.2. The van der Waals surface area contributed by atoms with Crippen LogP contribution in [0.2, 0.25) is 0 Å². The number of nitrogens with zero attached hydrogens (tertiary/aromatic N) is 1. The van der Waals surface area contributed by atoms with Crippen molar-refractivity contribution in [2.75, 3.05) is 7.11 Å². The molecular weight excluding hydrogens is 210 g/mol. The number of fused-ring (bicyclic) bond motifs is 1. The molecule has 0 spiro atoms. The van der Waals surface area contributed by atoms with Gasteiger partial charge in [-0.05, 0) is 12.1 Å². The average Bonchev–Trinajstić information content (AvgIpc) is 2.28. The number of phenolic OH excluding ortho intramolecular Hbond substituents is 1. The molecule has 0 saturated heterocycles. The first-order valence-electron chi connectivity index (χ1n) is 4.53. The van der Waals surface area contributed by atoms with E-state index in [0.29, 0.717) is 11.1 Å². The van der Waals surface area contributed by atoms with Gasteiger partial charge in [0.1, 0.15) is 22.7 Å². The Morgan fingerprint density at radius 3 is 2.75 bits per heavy atom. The minimum absolute atomic E-state index is 0.0996. The maximum Gasteiger partial charge on any atom is 0.354 e. The lowest BCUT2D eigenvalue weighted by Gasteiger charge is -2.05. The quantitative estimate of drug-likeness (QED) is 0.802. The zero-order valence-corrected chi connectivity index (χ0v) is 8.47. The van der Waals surface area contributed by atoms with Gasteiger partial charge in [-0.3, -0.25) is 0 Å². The molecule has 0 saturated carbocycles. The number of hydrogen-bond acceptors (Lipinski definition) is 4. The molecule has 0 fully saturated rings. The summed E-state index contributed by atoms with van der Waals surface area (Å²) in [6.07, 6.45) is 0. The van der Waals surface area contributed by atoms with Gasteiger partial charge < -0.3 is 14.9 Å². The molecule has 0 aliphatic heterocycles. The zero-order chi connectivity index (χ0) is 11.7. The summed E-state index contributed by atoms with van der Waals surface area (Å²) in [4.78, 5) is 14.6. The van der Waals surface area contributed by atoms with Crippen LogP contribution in [-0.2, 0) is 0 Å². The summed E-state index contributed by atoms with van der Waals surface area (Å²) < 4.78 is 4.98. The van der Waals surface area contributed by atoms with Crippen LogP contribution in [0.1, 0.15) is 10.5 Å². The molecule has 5 heteroatoms. The van der Waals surface area contributed by atoms with Gasteiger partial charge in [-0.2, -0.15) is 0 Å². The molecule has 1 aromatic carbocycles. The number of carboxylic acid groups (broad SMARTS) is 1. The maximum atomic E-state index is 10.7. The van der Waals surface area contributed by atoms with Crippen LogP contribution in [0.3, 0.4) is 0 Å². The number of carboxylic acids is 1. The maximum absolute atomic E-state index is 10.7. The summed E-state index contributed by atoms with van der Waals surface area (Å²) in [6.45, 7) is 0. The summed E-state index contributed by atoms with van der Waals surface area (Å²) in [5.41, 5.74) is 0.147. The molecule has 2 rings (SSSR count). The van der Waals surface area contributed by atoms with Crippen molar-refractivity contribution in [3.8, 4) is 11.5 Å². The Bertz CT molecular complexity index is 565. The van der Waals surface area contributed by atoms with Crippen molar-refractivity contribution < 1.29 is 19.7 Å². The van der Waals surface area contributed by atoms with Crippen LogP contribution in [0, 0.1) is 0 Å². The predicted molar refractivity (Wildman–Crippen MR) is 56.9 cm³/mol. The van der Waals surface area contributed by atoms with Gasteiger partial charge in [0.05, 0.1) is 7.11 Å². The van der Waals surface area contributed by atoms with Crippen LogP contribution in [0.25, 0.3) is 10.9 Å². The van der Waals surface area contributed by atoms with Crippen molar-refractivity contribution in [1.29, 1.82) is 0 Å². The molecule has 0 bridgehead atoms. The minimum Gasteiger partial charge on any atom is -0.506 e. The summed E-state index contributed by atoms with van der Waals surface area (Å²) in [6, 6.07) is 6.02. The molecule has 0 radical (unpaired) electrons. The second kappa shape index (κ2) is 3.69. The second-order valence-corrected chi connectivity index (χ2v) is 3.22. The molecule has 2 N–H and O–H groups in total. The molecular formula is C11H9NO4. The molecule has 2 aromatic rings. The second-order valence-electron chi connectivity index (χ2n) is 3.22. The van der Waals surface area contributed by atoms with Crippen molar-refractivity contribution in [2.24, 2.45) is 0 Å². The normalized spacial score (nSPS) is 10.3. The Balaban J connectivity index is 2.70.